The molecule has 2 aromatic rings. The fourth-order valence-corrected chi connectivity index (χ4v) is 2.09. The molecule has 0 amide bonds. The van der Waals surface area contributed by atoms with Crippen molar-refractivity contribution in [1.29, 1.82) is 0 Å². The van der Waals surface area contributed by atoms with Crippen molar-refractivity contribution in [2.24, 2.45) is 0 Å². The van der Waals surface area contributed by atoms with E-state index in [9.17, 15) is 0 Å². The van der Waals surface area contributed by atoms with E-state index in [2.05, 4.69) is 52.7 Å². The topological polar surface area (TPSA) is 15.8 Å². The molecule has 0 aliphatic heterocycles. The Hall–Kier alpha value is -0.510. The highest BCUT2D eigenvalue weighted by Crippen LogP contribution is 2.19. The van der Waals surface area contributed by atoms with Gasteiger partial charge in [0.2, 0.25) is 0 Å². The molecule has 0 aliphatic carbocycles. The van der Waals surface area contributed by atoms with Crippen LogP contribution >= 0.6 is 22.6 Å². The molecule has 1 aromatic carbocycles. The number of aromatic amines is 1. The zero-order valence-corrected chi connectivity index (χ0v) is 8.34. The third kappa shape index (κ3) is 1.15. The van der Waals surface area contributed by atoms with Gasteiger partial charge in [0.25, 0.3) is 0 Å². The van der Waals surface area contributed by atoms with Gasteiger partial charge in [0.05, 0.1) is 0 Å². The second-order valence-electron chi connectivity index (χ2n) is 2.66. The van der Waals surface area contributed by atoms with E-state index in [1.807, 2.05) is 6.20 Å². The van der Waals surface area contributed by atoms with Crippen LogP contribution < -0.4 is 0 Å². The molecule has 1 aromatic heterocycles. The Morgan fingerprint density at radius 1 is 1.36 bits per heavy atom. The molecule has 0 fully saturated rings. The SMILES string of the molecule is Cc1cc(I)cc2[nH]ccc12. The lowest BCUT2D eigenvalue weighted by atomic mass is 10.1. The highest BCUT2D eigenvalue weighted by Gasteiger charge is 1.98. The van der Waals surface area contributed by atoms with Crippen molar-refractivity contribution in [3.8, 4) is 0 Å². The predicted molar refractivity (Wildman–Crippen MR) is 55.8 cm³/mol. The van der Waals surface area contributed by atoms with Crippen LogP contribution in [0.2, 0.25) is 0 Å². The third-order valence-corrected chi connectivity index (χ3v) is 2.46. The maximum Gasteiger partial charge on any atom is 0.0467 e. The standard InChI is InChI=1S/C9H8IN/c1-6-4-7(10)5-9-8(6)2-3-11-9/h2-5,11H,1H3. The first-order valence-electron chi connectivity index (χ1n) is 3.50. The highest BCUT2D eigenvalue weighted by molar-refractivity contribution is 14.1. The van der Waals surface area contributed by atoms with Crippen LogP contribution in [0.3, 0.4) is 0 Å². The van der Waals surface area contributed by atoms with Gasteiger partial charge < -0.3 is 4.98 Å². The normalized spacial score (nSPS) is 10.7. The van der Waals surface area contributed by atoms with E-state index in [-0.39, 0.29) is 0 Å². The van der Waals surface area contributed by atoms with Crippen molar-refractivity contribution in [1.82, 2.24) is 4.98 Å². The Morgan fingerprint density at radius 3 is 3.00 bits per heavy atom. The largest absolute Gasteiger partial charge is 0.361 e. The summed E-state index contributed by atoms with van der Waals surface area (Å²) in [6, 6.07) is 6.46. The van der Waals surface area contributed by atoms with Crippen molar-refractivity contribution in [2.45, 2.75) is 6.92 Å². The summed E-state index contributed by atoms with van der Waals surface area (Å²) in [5.74, 6) is 0. The predicted octanol–water partition coefficient (Wildman–Crippen LogP) is 3.08. The molecule has 56 valence electrons. The molecule has 1 heterocycles. The van der Waals surface area contributed by atoms with Crippen molar-refractivity contribution >= 4 is 33.5 Å². The first-order valence-corrected chi connectivity index (χ1v) is 4.58. The number of nitrogens with one attached hydrogen (secondary N) is 1. The zero-order chi connectivity index (χ0) is 7.84. The quantitative estimate of drug-likeness (QED) is 0.698. The average Bonchev–Trinajstić information content (AvgIpc) is 2.34. The summed E-state index contributed by atoms with van der Waals surface area (Å²) < 4.78 is 1.29. The molecule has 0 unspecified atom stereocenters. The summed E-state index contributed by atoms with van der Waals surface area (Å²) >= 11 is 2.33. The first kappa shape index (κ1) is 7.16. The molecule has 2 rings (SSSR count). The van der Waals surface area contributed by atoms with Gasteiger partial charge in [-0.1, -0.05) is 0 Å². The molecule has 0 aliphatic rings. The number of aromatic nitrogens is 1. The number of H-pyrrole nitrogens is 1. The third-order valence-electron chi connectivity index (χ3n) is 1.84. The van der Waals surface area contributed by atoms with Gasteiger partial charge in [0.15, 0.2) is 0 Å². The van der Waals surface area contributed by atoms with Gasteiger partial charge in [0.1, 0.15) is 0 Å². The maximum absolute atomic E-state index is 3.20. The fraction of sp³-hybridized carbons (Fsp3) is 0.111. The number of fused-ring (bicyclic) bond motifs is 1. The number of benzene rings is 1. The minimum absolute atomic E-state index is 1.23. The van der Waals surface area contributed by atoms with Crippen molar-refractivity contribution in [2.75, 3.05) is 0 Å². The van der Waals surface area contributed by atoms with E-state index < -0.39 is 0 Å². The molecule has 1 N–H and O–H groups in total. The van der Waals surface area contributed by atoms with E-state index in [0.717, 1.165) is 0 Å². The van der Waals surface area contributed by atoms with Gasteiger partial charge in [0, 0.05) is 20.7 Å². The number of hydrogen-bond acceptors (Lipinski definition) is 0. The molecule has 0 bridgehead atoms. The zero-order valence-electron chi connectivity index (χ0n) is 6.19. The minimum atomic E-state index is 1.23. The average molecular weight is 257 g/mol. The molecular weight excluding hydrogens is 249 g/mol. The molecular formula is C9H8IN. The van der Waals surface area contributed by atoms with Crippen LogP contribution in [0.5, 0.6) is 0 Å². The lowest BCUT2D eigenvalue weighted by Gasteiger charge is -1.96. The van der Waals surface area contributed by atoms with Crippen molar-refractivity contribution < 1.29 is 0 Å². The second-order valence-corrected chi connectivity index (χ2v) is 3.91. The van der Waals surface area contributed by atoms with Crippen molar-refractivity contribution in [3.05, 3.63) is 33.5 Å². The van der Waals surface area contributed by atoms with E-state index in [1.165, 1.54) is 20.0 Å². The molecule has 0 radical (unpaired) electrons. The fourth-order valence-electron chi connectivity index (χ4n) is 1.31. The number of halogens is 1. The van der Waals surface area contributed by atoms with Crippen LogP contribution in [0, 0.1) is 10.5 Å². The minimum Gasteiger partial charge on any atom is -0.361 e. The van der Waals surface area contributed by atoms with E-state index in [4.69, 9.17) is 0 Å². The Labute approximate surface area is 78.9 Å². The summed E-state index contributed by atoms with van der Waals surface area (Å²) in [4.78, 5) is 3.20. The molecule has 2 heteroatoms. The summed E-state index contributed by atoms with van der Waals surface area (Å²) in [5, 5.41) is 1.32. The smallest absolute Gasteiger partial charge is 0.0467 e. The summed E-state index contributed by atoms with van der Waals surface area (Å²) in [6.45, 7) is 2.14. The molecule has 11 heavy (non-hydrogen) atoms. The maximum atomic E-state index is 3.20. The summed E-state index contributed by atoms with van der Waals surface area (Å²) in [6.07, 6.45) is 1.98. The lowest BCUT2D eigenvalue weighted by Crippen LogP contribution is -1.77. The van der Waals surface area contributed by atoms with Crippen molar-refractivity contribution in [3.63, 3.8) is 0 Å². The van der Waals surface area contributed by atoms with Crippen LogP contribution in [-0.4, -0.2) is 4.98 Å². The van der Waals surface area contributed by atoms with E-state index >= 15 is 0 Å². The highest BCUT2D eigenvalue weighted by atomic mass is 127. The number of rotatable bonds is 0. The Balaban J connectivity index is 2.91. The lowest BCUT2D eigenvalue weighted by molar-refractivity contribution is 1.46. The van der Waals surface area contributed by atoms with Crippen LogP contribution in [0.1, 0.15) is 5.56 Å². The second kappa shape index (κ2) is 2.52. The number of hydrogen-bond donors (Lipinski definition) is 1. The van der Waals surface area contributed by atoms with Gasteiger partial charge >= 0.3 is 0 Å². The van der Waals surface area contributed by atoms with Crippen LogP contribution in [0.4, 0.5) is 0 Å². The molecule has 0 saturated heterocycles. The van der Waals surface area contributed by atoms with Gasteiger partial charge in [-0.25, -0.2) is 0 Å². The summed E-state index contributed by atoms with van der Waals surface area (Å²) in [5.41, 5.74) is 2.57. The van der Waals surface area contributed by atoms with Crippen LogP contribution in [0.25, 0.3) is 10.9 Å². The molecule has 0 saturated carbocycles. The monoisotopic (exact) mass is 257 g/mol. The van der Waals surface area contributed by atoms with Crippen LogP contribution in [0.15, 0.2) is 24.4 Å². The van der Waals surface area contributed by atoms with Gasteiger partial charge in [-0.15, -0.1) is 0 Å². The Bertz CT molecular complexity index is 389. The molecule has 1 nitrogen and oxygen atoms in total. The van der Waals surface area contributed by atoms with Gasteiger partial charge in [-0.2, -0.15) is 0 Å². The Kier molecular flexibility index (Phi) is 1.64. The van der Waals surface area contributed by atoms with Gasteiger partial charge in [-0.05, 0) is 53.3 Å². The molecule has 0 spiro atoms. The molecule has 0 atom stereocenters. The number of aryl methyl sites for hydroxylation is 1. The van der Waals surface area contributed by atoms with Crippen LogP contribution in [-0.2, 0) is 0 Å². The first-order chi connectivity index (χ1) is 5.27. The van der Waals surface area contributed by atoms with E-state index in [0.29, 0.717) is 0 Å². The van der Waals surface area contributed by atoms with E-state index in [1.54, 1.807) is 0 Å². The Morgan fingerprint density at radius 2 is 2.18 bits per heavy atom. The van der Waals surface area contributed by atoms with Gasteiger partial charge in [-0.3, -0.25) is 0 Å². The summed E-state index contributed by atoms with van der Waals surface area (Å²) in [7, 11) is 0.